The molecule has 124 valence electrons. The van der Waals surface area contributed by atoms with Crippen LogP contribution < -0.4 is 0 Å². The van der Waals surface area contributed by atoms with Gasteiger partial charge in [-0.2, -0.15) is 0 Å². The Bertz CT molecular complexity index is 630. The molecule has 1 aromatic rings. The molecule has 0 saturated carbocycles. The largest absolute Gasteiger partial charge is 0.369 e. The number of benzene rings is 1. The van der Waals surface area contributed by atoms with Crippen LogP contribution >= 0.6 is 0 Å². The molecule has 4 rings (SSSR count). The fraction of sp³-hybridized carbons (Fsp3) is 0.600. The van der Waals surface area contributed by atoms with E-state index in [1.165, 1.54) is 16.7 Å². The minimum atomic E-state index is -0.150. The molecule has 0 radical (unpaired) electrons. The average molecular weight is 312 g/mol. The van der Waals surface area contributed by atoms with Crippen LogP contribution in [0.3, 0.4) is 0 Å². The molecule has 3 aliphatic rings. The molecule has 0 N–H and O–H groups in total. The van der Waals surface area contributed by atoms with Gasteiger partial charge in [0.15, 0.2) is 0 Å². The van der Waals surface area contributed by atoms with Gasteiger partial charge in [-0.25, -0.2) is 0 Å². The van der Waals surface area contributed by atoms with E-state index in [4.69, 9.17) is 4.74 Å². The van der Waals surface area contributed by atoms with Crippen molar-refractivity contribution in [3.05, 3.63) is 41.0 Å². The number of hydrogen-bond acceptors (Lipinski definition) is 3. The Balaban J connectivity index is 1.64. The first-order chi connectivity index (χ1) is 11.1. The van der Waals surface area contributed by atoms with Gasteiger partial charge in [-0.1, -0.05) is 24.3 Å². The molecule has 23 heavy (non-hydrogen) atoms. The summed E-state index contributed by atoms with van der Waals surface area (Å²) in [5.74, 6) is 0. The van der Waals surface area contributed by atoms with Gasteiger partial charge in [0.05, 0.1) is 6.61 Å². The van der Waals surface area contributed by atoms with Gasteiger partial charge in [-0.15, -0.1) is 0 Å². The molecule has 2 atom stereocenters. The van der Waals surface area contributed by atoms with Crippen molar-refractivity contribution < 1.29 is 4.74 Å². The van der Waals surface area contributed by atoms with Crippen LogP contribution in [0, 0.1) is 0 Å². The smallest absolute Gasteiger partial charge is 0.102 e. The lowest BCUT2D eigenvalue weighted by Gasteiger charge is -2.47. The van der Waals surface area contributed by atoms with E-state index in [0.717, 1.165) is 45.6 Å². The second-order valence-corrected chi connectivity index (χ2v) is 7.51. The zero-order valence-electron chi connectivity index (χ0n) is 14.6. The molecule has 3 nitrogen and oxygen atoms in total. The molecule has 1 saturated heterocycles. The maximum atomic E-state index is 6.44. The number of rotatable bonds is 2. The number of nitrogens with zero attached hydrogens (tertiary/aromatic N) is 2. The SMILES string of the molecule is CC(N1CCN(C)CC1)C1(C)OCCC2=C1Cc1ccccc12. The van der Waals surface area contributed by atoms with Gasteiger partial charge in [0.25, 0.3) is 0 Å². The van der Waals surface area contributed by atoms with E-state index >= 15 is 0 Å². The highest BCUT2D eigenvalue weighted by Crippen LogP contribution is 2.46. The third kappa shape index (κ3) is 2.46. The standard InChI is InChI=1S/C20H28N2O/c1-15(22-11-9-21(3)10-12-22)20(2)19-14-16-6-4-5-7-17(16)18(19)8-13-23-20/h4-7,15H,8-14H2,1-3H3. The van der Waals surface area contributed by atoms with E-state index in [0.29, 0.717) is 6.04 Å². The van der Waals surface area contributed by atoms with E-state index in [2.05, 4.69) is 55.0 Å². The fourth-order valence-corrected chi connectivity index (χ4v) is 4.57. The van der Waals surface area contributed by atoms with Gasteiger partial charge in [0, 0.05) is 32.2 Å². The summed E-state index contributed by atoms with van der Waals surface area (Å²) in [7, 11) is 2.22. The Morgan fingerprint density at radius 3 is 2.65 bits per heavy atom. The van der Waals surface area contributed by atoms with Gasteiger partial charge in [-0.3, -0.25) is 4.90 Å². The first-order valence-corrected chi connectivity index (χ1v) is 8.97. The summed E-state index contributed by atoms with van der Waals surface area (Å²) in [5, 5.41) is 0. The van der Waals surface area contributed by atoms with Gasteiger partial charge >= 0.3 is 0 Å². The van der Waals surface area contributed by atoms with Crippen LogP contribution in [0.4, 0.5) is 0 Å². The molecule has 0 aromatic heterocycles. The molecule has 1 aliphatic carbocycles. The van der Waals surface area contributed by atoms with Crippen LogP contribution in [0.5, 0.6) is 0 Å². The maximum Gasteiger partial charge on any atom is 0.102 e. The molecular formula is C20H28N2O. The normalized spacial score (nSPS) is 30.2. The number of piperazine rings is 1. The van der Waals surface area contributed by atoms with Crippen LogP contribution in [0.1, 0.15) is 31.4 Å². The summed E-state index contributed by atoms with van der Waals surface area (Å²) in [6, 6.07) is 9.35. The number of likely N-dealkylation sites (N-methyl/N-ethyl adjacent to an activating group) is 1. The number of ether oxygens (including phenoxy) is 1. The van der Waals surface area contributed by atoms with E-state index in [-0.39, 0.29) is 5.60 Å². The molecule has 2 heterocycles. The van der Waals surface area contributed by atoms with Crippen molar-refractivity contribution in [3.8, 4) is 0 Å². The topological polar surface area (TPSA) is 15.7 Å². The first-order valence-electron chi connectivity index (χ1n) is 8.97. The molecular weight excluding hydrogens is 284 g/mol. The monoisotopic (exact) mass is 312 g/mol. The Morgan fingerprint density at radius 2 is 1.87 bits per heavy atom. The molecule has 2 unspecified atom stereocenters. The highest BCUT2D eigenvalue weighted by molar-refractivity contribution is 5.78. The lowest BCUT2D eigenvalue weighted by molar-refractivity contribution is -0.0723. The third-order valence-corrected chi connectivity index (χ3v) is 6.31. The van der Waals surface area contributed by atoms with Crippen molar-refractivity contribution in [2.75, 3.05) is 39.8 Å². The molecule has 2 aliphatic heterocycles. The van der Waals surface area contributed by atoms with Crippen molar-refractivity contribution in [2.24, 2.45) is 0 Å². The Morgan fingerprint density at radius 1 is 1.13 bits per heavy atom. The molecule has 0 amide bonds. The van der Waals surface area contributed by atoms with Crippen molar-refractivity contribution in [1.82, 2.24) is 9.80 Å². The van der Waals surface area contributed by atoms with Crippen molar-refractivity contribution in [1.29, 1.82) is 0 Å². The minimum absolute atomic E-state index is 0.150. The predicted molar refractivity (Wildman–Crippen MR) is 94.6 cm³/mol. The van der Waals surface area contributed by atoms with E-state index in [9.17, 15) is 0 Å². The zero-order chi connectivity index (χ0) is 16.0. The second-order valence-electron chi connectivity index (χ2n) is 7.51. The van der Waals surface area contributed by atoms with Gasteiger partial charge in [0.2, 0.25) is 0 Å². The van der Waals surface area contributed by atoms with Gasteiger partial charge in [0.1, 0.15) is 5.60 Å². The Labute approximate surface area is 139 Å². The number of hydrogen-bond donors (Lipinski definition) is 0. The average Bonchev–Trinajstić information content (AvgIpc) is 2.96. The summed E-state index contributed by atoms with van der Waals surface area (Å²) < 4.78 is 6.44. The van der Waals surface area contributed by atoms with Crippen LogP contribution in [-0.4, -0.2) is 61.3 Å². The molecule has 1 fully saturated rings. The number of fused-ring (bicyclic) bond motifs is 2. The molecule has 0 spiro atoms. The van der Waals surface area contributed by atoms with Crippen LogP contribution in [0.25, 0.3) is 5.57 Å². The molecule has 0 bridgehead atoms. The zero-order valence-corrected chi connectivity index (χ0v) is 14.6. The Hall–Kier alpha value is -1.16. The van der Waals surface area contributed by atoms with Crippen molar-refractivity contribution in [2.45, 2.75) is 38.3 Å². The summed E-state index contributed by atoms with van der Waals surface area (Å²) in [6.07, 6.45) is 2.14. The Kier molecular flexibility index (Phi) is 3.83. The van der Waals surface area contributed by atoms with Crippen LogP contribution in [0.2, 0.25) is 0 Å². The lowest BCUT2D eigenvalue weighted by atomic mass is 9.82. The van der Waals surface area contributed by atoms with E-state index in [1.807, 2.05) is 0 Å². The lowest BCUT2D eigenvalue weighted by Crippen LogP contribution is -2.58. The second kappa shape index (κ2) is 5.73. The van der Waals surface area contributed by atoms with Crippen molar-refractivity contribution >= 4 is 5.57 Å². The maximum absolute atomic E-state index is 6.44. The predicted octanol–water partition coefficient (Wildman–Crippen LogP) is 2.81. The summed E-state index contributed by atoms with van der Waals surface area (Å²) in [5.41, 5.74) is 5.91. The van der Waals surface area contributed by atoms with E-state index in [1.54, 1.807) is 5.57 Å². The third-order valence-electron chi connectivity index (χ3n) is 6.31. The summed E-state index contributed by atoms with van der Waals surface area (Å²) in [6.45, 7) is 10.2. The van der Waals surface area contributed by atoms with Gasteiger partial charge < -0.3 is 9.64 Å². The fourth-order valence-electron chi connectivity index (χ4n) is 4.57. The quantitative estimate of drug-likeness (QED) is 0.835. The molecule has 3 heteroatoms. The minimum Gasteiger partial charge on any atom is -0.369 e. The first kappa shape index (κ1) is 15.4. The van der Waals surface area contributed by atoms with Crippen LogP contribution in [0.15, 0.2) is 29.8 Å². The highest BCUT2D eigenvalue weighted by Gasteiger charge is 2.45. The van der Waals surface area contributed by atoms with E-state index < -0.39 is 0 Å². The van der Waals surface area contributed by atoms with Crippen molar-refractivity contribution in [3.63, 3.8) is 0 Å². The highest BCUT2D eigenvalue weighted by atomic mass is 16.5. The van der Waals surface area contributed by atoms with Gasteiger partial charge in [-0.05, 0) is 56.0 Å². The van der Waals surface area contributed by atoms with Crippen LogP contribution in [-0.2, 0) is 11.2 Å². The molecule has 1 aromatic carbocycles. The summed E-state index contributed by atoms with van der Waals surface area (Å²) >= 11 is 0. The summed E-state index contributed by atoms with van der Waals surface area (Å²) in [4.78, 5) is 5.04.